The molecule has 0 atom stereocenters. The zero-order chi connectivity index (χ0) is 13.1. The van der Waals surface area contributed by atoms with Gasteiger partial charge in [0.15, 0.2) is 0 Å². The number of carboxylic acids is 1. The van der Waals surface area contributed by atoms with Crippen molar-refractivity contribution in [2.24, 2.45) is 0 Å². The quantitative estimate of drug-likeness (QED) is 0.856. The van der Waals surface area contributed by atoms with Gasteiger partial charge in [0.25, 0.3) is 0 Å². The van der Waals surface area contributed by atoms with E-state index >= 15 is 0 Å². The van der Waals surface area contributed by atoms with E-state index in [1.807, 2.05) is 6.92 Å². The van der Waals surface area contributed by atoms with Crippen molar-refractivity contribution in [3.05, 3.63) is 34.8 Å². The Bertz CT molecular complexity index is 513. The smallest absolute Gasteiger partial charge is 0.371 e. The Kier molecular flexibility index (Phi) is 3.50. The summed E-state index contributed by atoms with van der Waals surface area (Å²) in [4.78, 5) is 22.5. The second-order valence-corrected chi connectivity index (χ2v) is 4.37. The van der Waals surface area contributed by atoms with Crippen LogP contribution in [-0.2, 0) is 11.3 Å². The summed E-state index contributed by atoms with van der Waals surface area (Å²) in [5.41, 5.74) is 1.98. The third kappa shape index (κ3) is 2.61. The Balaban J connectivity index is 1.93. The van der Waals surface area contributed by atoms with Gasteiger partial charge in [-0.15, -0.1) is 0 Å². The molecule has 0 aromatic carbocycles. The Morgan fingerprint density at radius 3 is 2.72 bits per heavy atom. The lowest BCUT2D eigenvalue weighted by Crippen LogP contribution is -2.24. The first kappa shape index (κ1) is 12.4. The molecule has 1 amide bonds. The fourth-order valence-electron chi connectivity index (χ4n) is 2.06. The number of furan rings is 1. The summed E-state index contributed by atoms with van der Waals surface area (Å²) >= 11 is 0. The minimum absolute atomic E-state index is 0.0849. The fraction of sp³-hybridized carbons (Fsp3) is 0.385. The molecule has 1 aromatic heterocycles. The van der Waals surface area contributed by atoms with Gasteiger partial charge in [0.2, 0.25) is 11.7 Å². The molecule has 1 aliphatic rings. The van der Waals surface area contributed by atoms with Crippen LogP contribution in [0.4, 0.5) is 0 Å². The highest BCUT2D eigenvalue weighted by Gasteiger charge is 2.18. The third-order valence-electron chi connectivity index (χ3n) is 3.06. The van der Waals surface area contributed by atoms with Gasteiger partial charge in [0, 0.05) is 5.57 Å². The van der Waals surface area contributed by atoms with Crippen LogP contribution in [0.3, 0.4) is 0 Å². The minimum Gasteiger partial charge on any atom is -0.475 e. The van der Waals surface area contributed by atoms with Crippen molar-refractivity contribution in [1.29, 1.82) is 0 Å². The molecule has 2 rings (SSSR count). The summed E-state index contributed by atoms with van der Waals surface area (Å²) < 4.78 is 5.05. The largest absolute Gasteiger partial charge is 0.475 e. The highest BCUT2D eigenvalue weighted by molar-refractivity contribution is 5.94. The van der Waals surface area contributed by atoms with E-state index in [-0.39, 0.29) is 18.2 Å². The summed E-state index contributed by atoms with van der Waals surface area (Å²) in [6.45, 7) is 2.18. The molecule has 5 heteroatoms. The first-order valence-electron chi connectivity index (χ1n) is 5.87. The Hall–Kier alpha value is -2.04. The average molecular weight is 249 g/mol. The summed E-state index contributed by atoms with van der Waals surface area (Å²) in [6.07, 6.45) is 2.82. The van der Waals surface area contributed by atoms with Crippen LogP contribution in [-0.4, -0.2) is 17.0 Å². The van der Waals surface area contributed by atoms with E-state index in [0.29, 0.717) is 5.76 Å². The summed E-state index contributed by atoms with van der Waals surface area (Å²) in [6, 6.07) is 2.93. The number of carbonyl (C=O) groups excluding carboxylic acids is 1. The molecule has 1 aromatic rings. The van der Waals surface area contributed by atoms with E-state index in [0.717, 1.165) is 30.4 Å². The van der Waals surface area contributed by atoms with Gasteiger partial charge in [-0.05, 0) is 38.3 Å². The number of aromatic carboxylic acids is 1. The normalized spacial score (nSPS) is 14.9. The number of allylic oxidation sites excluding steroid dienone is 1. The first-order chi connectivity index (χ1) is 8.58. The maximum Gasteiger partial charge on any atom is 0.371 e. The van der Waals surface area contributed by atoms with Gasteiger partial charge in [0.1, 0.15) is 5.76 Å². The second kappa shape index (κ2) is 5.08. The zero-order valence-electron chi connectivity index (χ0n) is 10.2. The molecule has 0 unspecified atom stereocenters. The minimum atomic E-state index is -1.11. The van der Waals surface area contributed by atoms with Crippen LogP contribution in [0, 0.1) is 0 Å². The third-order valence-corrected chi connectivity index (χ3v) is 3.06. The highest BCUT2D eigenvalue weighted by atomic mass is 16.4. The molecule has 0 radical (unpaired) electrons. The van der Waals surface area contributed by atoms with Crippen LogP contribution in [0.5, 0.6) is 0 Å². The van der Waals surface area contributed by atoms with Gasteiger partial charge in [-0.3, -0.25) is 4.79 Å². The molecule has 0 spiro atoms. The molecule has 1 aliphatic carbocycles. The molecule has 0 bridgehead atoms. The van der Waals surface area contributed by atoms with Gasteiger partial charge in [-0.1, -0.05) is 5.57 Å². The number of rotatable bonds is 4. The Labute approximate surface area is 104 Å². The van der Waals surface area contributed by atoms with E-state index in [2.05, 4.69) is 5.32 Å². The first-order valence-corrected chi connectivity index (χ1v) is 5.87. The summed E-state index contributed by atoms with van der Waals surface area (Å²) in [5.74, 6) is -0.868. The molecular formula is C13H15NO4. The van der Waals surface area contributed by atoms with Gasteiger partial charge >= 0.3 is 5.97 Å². The number of carbonyl (C=O) groups is 2. The van der Waals surface area contributed by atoms with E-state index in [1.165, 1.54) is 6.07 Å². The van der Waals surface area contributed by atoms with E-state index in [1.54, 1.807) is 6.07 Å². The van der Waals surface area contributed by atoms with E-state index < -0.39 is 5.97 Å². The molecule has 0 fully saturated rings. The van der Waals surface area contributed by atoms with Crippen molar-refractivity contribution >= 4 is 11.9 Å². The fourth-order valence-corrected chi connectivity index (χ4v) is 2.06. The number of amides is 1. The highest BCUT2D eigenvalue weighted by Crippen LogP contribution is 2.25. The topological polar surface area (TPSA) is 79.5 Å². The second-order valence-electron chi connectivity index (χ2n) is 4.37. The van der Waals surface area contributed by atoms with Crippen LogP contribution in [0.25, 0.3) is 0 Å². The van der Waals surface area contributed by atoms with Crippen molar-refractivity contribution in [3.63, 3.8) is 0 Å². The lowest BCUT2D eigenvalue weighted by molar-refractivity contribution is -0.117. The predicted octanol–water partition coefficient (Wildman–Crippen LogP) is 2.09. The van der Waals surface area contributed by atoms with Crippen LogP contribution in [0.1, 0.15) is 42.5 Å². The molecule has 96 valence electrons. The maximum absolute atomic E-state index is 11.8. The lowest BCUT2D eigenvalue weighted by Gasteiger charge is -2.05. The maximum atomic E-state index is 11.8. The van der Waals surface area contributed by atoms with Crippen LogP contribution in [0.15, 0.2) is 27.7 Å². The number of hydrogen-bond donors (Lipinski definition) is 2. The van der Waals surface area contributed by atoms with Crippen LogP contribution in [0.2, 0.25) is 0 Å². The zero-order valence-corrected chi connectivity index (χ0v) is 10.2. The van der Waals surface area contributed by atoms with Crippen molar-refractivity contribution in [2.75, 3.05) is 0 Å². The number of hydrogen-bond acceptors (Lipinski definition) is 3. The van der Waals surface area contributed by atoms with Crippen molar-refractivity contribution in [3.8, 4) is 0 Å². The standard InChI is InChI=1S/C13H15NO4/c1-8-3-2-4-10(8)12(15)14-7-9-5-6-11(18-9)13(16)17/h5-6H,2-4,7H2,1H3,(H,14,15)(H,16,17). The number of nitrogens with one attached hydrogen (secondary N) is 1. The SMILES string of the molecule is CC1=C(C(=O)NCc2ccc(C(=O)O)o2)CCC1. The van der Waals surface area contributed by atoms with E-state index in [4.69, 9.17) is 9.52 Å². The molecule has 5 nitrogen and oxygen atoms in total. The van der Waals surface area contributed by atoms with Crippen molar-refractivity contribution in [2.45, 2.75) is 32.7 Å². The van der Waals surface area contributed by atoms with Crippen molar-refractivity contribution in [1.82, 2.24) is 5.32 Å². The molecule has 1 heterocycles. The van der Waals surface area contributed by atoms with Crippen LogP contribution >= 0.6 is 0 Å². The molecule has 2 N–H and O–H groups in total. The molecular weight excluding hydrogens is 234 g/mol. The molecule has 0 saturated carbocycles. The Morgan fingerprint density at radius 1 is 1.39 bits per heavy atom. The monoisotopic (exact) mass is 249 g/mol. The molecule has 0 saturated heterocycles. The Morgan fingerprint density at radius 2 is 2.17 bits per heavy atom. The molecule has 0 aliphatic heterocycles. The van der Waals surface area contributed by atoms with Crippen LogP contribution < -0.4 is 5.32 Å². The number of carboxylic acid groups (broad SMARTS) is 1. The van der Waals surface area contributed by atoms with E-state index in [9.17, 15) is 9.59 Å². The summed E-state index contributed by atoms with van der Waals surface area (Å²) in [5, 5.41) is 11.4. The summed E-state index contributed by atoms with van der Waals surface area (Å²) in [7, 11) is 0. The van der Waals surface area contributed by atoms with Crippen molar-refractivity contribution < 1.29 is 19.1 Å². The van der Waals surface area contributed by atoms with Gasteiger partial charge in [-0.25, -0.2) is 4.79 Å². The molecule has 18 heavy (non-hydrogen) atoms. The van der Waals surface area contributed by atoms with Gasteiger partial charge < -0.3 is 14.8 Å². The van der Waals surface area contributed by atoms with Gasteiger partial charge in [0.05, 0.1) is 6.54 Å². The predicted molar refractivity (Wildman–Crippen MR) is 64.1 cm³/mol. The van der Waals surface area contributed by atoms with Gasteiger partial charge in [-0.2, -0.15) is 0 Å². The lowest BCUT2D eigenvalue weighted by atomic mass is 10.1. The average Bonchev–Trinajstić information content (AvgIpc) is 2.94.